The van der Waals surface area contributed by atoms with Crippen LogP contribution in [0.4, 0.5) is 0 Å². The van der Waals surface area contributed by atoms with Gasteiger partial charge in [0.2, 0.25) is 0 Å². The maximum Gasteiger partial charge on any atom is 0.118 e. The zero-order valence-electron chi connectivity index (χ0n) is 21.7. The number of ether oxygens (including phenoxy) is 2. The molecular weight excluding hydrogens is 464 g/mol. The summed E-state index contributed by atoms with van der Waals surface area (Å²) >= 11 is 0. The fourth-order valence-electron chi connectivity index (χ4n) is 5.77. The first-order chi connectivity index (χ1) is 18.8. The lowest BCUT2D eigenvalue weighted by molar-refractivity contribution is 0.414. The predicted octanol–water partition coefficient (Wildman–Crippen LogP) is 8.97. The SMILES string of the molecule is COc1ccc(C(c2cccc3ccccc23)C(c2ccc(OC)cc2)c2cccc3ccccc23)cc1. The van der Waals surface area contributed by atoms with Crippen LogP contribution < -0.4 is 9.47 Å². The minimum absolute atomic E-state index is 0.0613. The highest BCUT2D eigenvalue weighted by molar-refractivity contribution is 5.89. The summed E-state index contributed by atoms with van der Waals surface area (Å²) in [6.45, 7) is 0. The molecule has 0 aromatic heterocycles. The zero-order chi connectivity index (χ0) is 25.9. The lowest BCUT2D eigenvalue weighted by Gasteiger charge is -2.31. The third kappa shape index (κ3) is 4.39. The van der Waals surface area contributed by atoms with Crippen molar-refractivity contribution in [3.63, 3.8) is 0 Å². The molecule has 186 valence electrons. The van der Waals surface area contributed by atoms with E-state index in [0.29, 0.717) is 0 Å². The lowest BCUT2D eigenvalue weighted by Crippen LogP contribution is -2.15. The molecule has 0 heterocycles. The second-order valence-corrected chi connectivity index (χ2v) is 9.64. The molecule has 0 bridgehead atoms. The van der Waals surface area contributed by atoms with Gasteiger partial charge in [0, 0.05) is 11.8 Å². The second kappa shape index (κ2) is 10.4. The van der Waals surface area contributed by atoms with Crippen molar-refractivity contribution in [2.45, 2.75) is 11.8 Å². The summed E-state index contributed by atoms with van der Waals surface area (Å²) in [5, 5.41) is 5.04. The first-order valence-corrected chi connectivity index (χ1v) is 13.0. The van der Waals surface area contributed by atoms with Gasteiger partial charge in [-0.15, -0.1) is 0 Å². The Balaban J connectivity index is 1.67. The van der Waals surface area contributed by atoms with Crippen molar-refractivity contribution >= 4 is 21.5 Å². The van der Waals surface area contributed by atoms with Crippen molar-refractivity contribution in [3.05, 3.63) is 156 Å². The van der Waals surface area contributed by atoms with Gasteiger partial charge in [0.05, 0.1) is 14.2 Å². The Hall–Kier alpha value is -4.56. The quantitative estimate of drug-likeness (QED) is 0.220. The fraction of sp³-hybridized carbons (Fsp3) is 0.111. The van der Waals surface area contributed by atoms with Crippen LogP contribution in [0.15, 0.2) is 133 Å². The predicted molar refractivity (Wildman–Crippen MR) is 158 cm³/mol. The van der Waals surface area contributed by atoms with Crippen molar-refractivity contribution in [1.29, 1.82) is 0 Å². The van der Waals surface area contributed by atoms with Crippen LogP contribution in [-0.4, -0.2) is 14.2 Å². The van der Waals surface area contributed by atoms with Crippen molar-refractivity contribution in [2.75, 3.05) is 14.2 Å². The summed E-state index contributed by atoms with van der Waals surface area (Å²) < 4.78 is 11.0. The van der Waals surface area contributed by atoms with Gasteiger partial charge < -0.3 is 9.47 Å². The molecule has 0 saturated carbocycles. The molecule has 6 aromatic rings. The number of hydrogen-bond acceptors (Lipinski definition) is 2. The van der Waals surface area contributed by atoms with Crippen molar-refractivity contribution in [3.8, 4) is 11.5 Å². The minimum atomic E-state index is 0.0613. The normalized spacial score (nSPS) is 12.8. The van der Waals surface area contributed by atoms with E-state index in [1.807, 2.05) is 0 Å². The average Bonchev–Trinajstić information content (AvgIpc) is 3.00. The highest BCUT2D eigenvalue weighted by Gasteiger charge is 2.30. The van der Waals surface area contributed by atoms with Crippen molar-refractivity contribution in [1.82, 2.24) is 0 Å². The molecule has 0 N–H and O–H groups in total. The van der Waals surface area contributed by atoms with Crippen LogP contribution in [0.1, 0.15) is 34.1 Å². The molecule has 0 fully saturated rings. The number of rotatable bonds is 7. The van der Waals surface area contributed by atoms with E-state index in [9.17, 15) is 0 Å². The Labute approximate surface area is 224 Å². The summed E-state index contributed by atoms with van der Waals surface area (Å²) in [6, 6.07) is 47.9. The van der Waals surface area contributed by atoms with Crippen LogP contribution in [0.25, 0.3) is 21.5 Å². The lowest BCUT2D eigenvalue weighted by atomic mass is 9.72. The molecule has 0 aliphatic rings. The third-order valence-electron chi connectivity index (χ3n) is 7.60. The molecule has 2 heteroatoms. The van der Waals surface area contributed by atoms with Crippen LogP contribution in [0.2, 0.25) is 0 Å². The first-order valence-electron chi connectivity index (χ1n) is 13.0. The van der Waals surface area contributed by atoms with E-state index in [1.54, 1.807) is 14.2 Å². The Kier molecular flexibility index (Phi) is 6.54. The Bertz CT molecular complexity index is 1540. The highest BCUT2D eigenvalue weighted by Crippen LogP contribution is 2.47. The van der Waals surface area contributed by atoms with E-state index in [4.69, 9.17) is 9.47 Å². The monoisotopic (exact) mass is 494 g/mol. The van der Waals surface area contributed by atoms with E-state index >= 15 is 0 Å². The second-order valence-electron chi connectivity index (χ2n) is 9.64. The van der Waals surface area contributed by atoms with E-state index < -0.39 is 0 Å². The molecular formula is C36H30O2. The summed E-state index contributed by atoms with van der Waals surface area (Å²) in [5.74, 6) is 1.84. The van der Waals surface area contributed by atoms with Crippen LogP contribution in [0, 0.1) is 0 Å². The molecule has 6 rings (SSSR count). The molecule has 2 atom stereocenters. The van der Waals surface area contributed by atoms with E-state index in [-0.39, 0.29) is 11.8 Å². The molecule has 0 radical (unpaired) electrons. The summed E-state index contributed by atoms with van der Waals surface area (Å²) in [4.78, 5) is 0. The average molecular weight is 495 g/mol. The van der Waals surface area contributed by atoms with Crippen molar-refractivity contribution < 1.29 is 9.47 Å². The molecule has 0 amide bonds. The van der Waals surface area contributed by atoms with Crippen LogP contribution in [0.3, 0.4) is 0 Å². The number of benzene rings is 6. The van der Waals surface area contributed by atoms with Gasteiger partial charge in [-0.25, -0.2) is 0 Å². The van der Waals surface area contributed by atoms with Gasteiger partial charge in [-0.3, -0.25) is 0 Å². The Morgan fingerprint density at radius 2 is 0.763 bits per heavy atom. The Morgan fingerprint density at radius 3 is 1.16 bits per heavy atom. The van der Waals surface area contributed by atoms with Gasteiger partial charge in [-0.1, -0.05) is 109 Å². The van der Waals surface area contributed by atoms with E-state index in [0.717, 1.165) is 11.5 Å². The molecule has 6 aromatic carbocycles. The molecule has 0 aliphatic carbocycles. The maximum absolute atomic E-state index is 5.52. The minimum Gasteiger partial charge on any atom is -0.497 e. The number of hydrogen-bond donors (Lipinski definition) is 0. The molecule has 0 aliphatic heterocycles. The van der Waals surface area contributed by atoms with Gasteiger partial charge in [0.1, 0.15) is 11.5 Å². The topological polar surface area (TPSA) is 18.5 Å². The van der Waals surface area contributed by atoms with Gasteiger partial charge in [0.25, 0.3) is 0 Å². The first kappa shape index (κ1) is 23.8. The van der Waals surface area contributed by atoms with Crippen molar-refractivity contribution in [2.24, 2.45) is 0 Å². The summed E-state index contributed by atoms with van der Waals surface area (Å²) in [6.07, 6.45) is 0. The van der Waals surface area contributed by atoms with Gasteiger partial charge >= 0.3 is 0 Å². The summed E-state index contributed by atoms with van der Waals surface area (Å²) in [5.41, 5.74) is 5.11. The zero-order valence-corrected chi connectivity index (χ0v) is 21.7. The molecule has 38 heavy (non-hydrogen) atoms. The van der Waals surface area contributed by atoms with Crippen LogP contribution in [-0.2, 0) is 0 Å². The highest BCUT2D eigenvalue weighted by atomic mass is 16.5. The number of fused-ring (bicyclic) bond motifs is 2. The van der Waals surface area contributed by atoms with Crippen LogP contribution >= 0.6 is 0 Å². The van der Waals surface area contributed by atoms with E-state index in [2.05, 4.69) is 133 Å². The van der Waals surface area contributed by atoms with Crippen LogP contribution in [0.5, 0.6) is 11.5 Å². The summed E-state index contributed by atoms with van der Waals surface area (Å²) in [7, 11) is 3.43. The third-order valence-corrected chi connectivity index (χ3v) is 7.60. The standard InChI is InChI=1S/C36H30O2/c1-37-29-21-17-27(18-22-29)35(33-15-7-11-25-9-3-5-13-31(25)33)36(28-19-23-30(38-2)24-20-28)34-16-8-12-26-10-4-6-14-32(26)34/h3-24,35-36H,1-2H3. The van der Waals surface area contributed by atoms with Gasteiger partial charge in [0.15, 0.2) is 0 Å². The molecule has 0 saturated heterocycles. The molecule has 2 unspecified atom stereocenters. The molecule has 2 nitrogen and oxygen atoms in total. The van der Waals surface area contributed by atoms with Gasteiger partial charge in [-0.2, -0.15) is 0 Å². The fourth-order valence-corrected chi connectivity index (χ4v) is 5.77. The van der Waals surface area contributed by atoms with E-state index in [1.165, 1.54) is 43.8 Å². The smallest absolute Gasteiger partial charge is 0.118 e. The maximum atomic E-state index is 5.52. The Morgan fingerprint density at radius 1 is 0.395 bits per heavy atom. The largest absolute Gasteiger partial charge is 0.497 e. The number of methoxy groups -OCH3 is 2. The molecule has 0 spiro atoms. The van der Waals surface area contributed by atoms with Gasteiger partial charge in [-0.05, 0) is 68.1 Å².